The maximum atomic E-state index is 11.3. The smallest absolute Gasteiger partial charge is 0.186 e. The highest BCUT2D eigenvalue weighted by Gasteiger charge is 2.49. The number of hydrogen-bond donors (Lipinski definition) is 6. The third-order valence-electron chi connectivity index (χ3n) is 4.72. The van der Waals surface area contributed by atoms with Crippen molar-refractivity contribution in [3.05, 3.63) is 0 Å². The third-order valence-corrected chi connectivity index (χ3v) is 4.72. The van der Waals surface area contributed by atoms with Gasteiger partial charge in [-0.25, -0.2) is 0 Å². The molecular formula is C15H28NO10-. The van der Waals surface area contributed by atoms with Crippen LogP contribution in [-0.4, -0.2) is 107 Å². The predicted molar refractivity (Wildman–Crippen MR) is 82.3 cm³/mol. The van der Waals surface area contributed by atoms with Gasteiger partial charge in [-0.15, -0.1) is 6.61 Å². The lowest BCUT2D eigenvalue weighted by Gasteiger charge is -2.47. The maximum Gasteiger partial charge on any atom is 0.186 e. The molecule has 154 valence electrons. The van der Waals surface area contributed by atoms with Crippen molar-refractivity contribution in [1.82, 2.24) is 0 Å². The van der Waals surface area contributed by atoms with Crippen molar-refractivity contribution in [2.45, 2.75) is 62.2 Å². The molecule has 0 amide bonds. The van der Waals surface area contributed by atoms with Gasteiger partial charge in [0.15, 0.2) is 12.6 Å². The second-order valence-corrected chi connectivity index (χ2v) is 6.52. The van der Waals surface area contributed by atoms with Crippen molar-refractivity contribution in [1.29, 1.82) is 0 Å². The molecule has 2 aliphatic rings. The summed E-state index contributed by atoms with van der Waals surface area (Å²) in [7, 11) is 0. The fraction of sp³-hybridized carbons (Fsp3) is 1.00. The van der Waals surface area contributed by atoms with E-state index in [0.717, 1.165) is 0 Å². The molecule has 11 nitrogen and oxygen atoms in total. The minimum Gasteiger partial charge on any atom is -0.853 e. The number of nitrogens with two attached hydrogens (primary N) is 1. The summed E-state index contributed by atoms with van der Waals surface area (Å²) >= 11 is 0. The molecule has 10 atom stereocenters. The minimum absolute atomic E-state index is 0.0501. The lowest BCUT2D eigenvalue weighted by atomic mass is 9.90. The van der Waals surface area contributed by atoms with E-state index in [0.29, 0.717) is 0 Å². The van der Waals surface area contributed by atoms with Gasteiger partial charge in [-0.2, -0.15) is 0 Å². The van der Waals surface area contributed by atoms with Gasteiger partial charge in [0.2, 0.25) is 0 Å². The monoisotopic (exact) mass is 382 g/mol. The molecule has 0 aromatic heterocycles. The molecule has 0 radical (unpaired) electrons. The highest BCUT2D eigenvalue weighted by atomic mass is 16.7. The second-order valence-electron chi connectivity index (χ2n) is 6.52. The maximum absolute atomic E-state index is 11.3. The van der Waals surface area contributed by atoms with E-state index in [2.05, 4.69) is 0 Å². The molecule has 0 saturated carbocycles. The van der Waals surface area contributed by atoms with E-state index in [1.807, 2.05) is 0 Å². The van der Waals surface area contributed by atoms with Crippen LogP contribution in [0.5, 0.6) is 0 Å². The van der Waals surface area contributed by atoms with Crippen LogP contribution in [0.3, 0.4) is 0 Å². The zero-order valence-corrected chi connectivity index (χ0v) is 14.5. The van der Waals surface area contributed by atoms with E-state index in [-0.39, 0.29) is 13.2 Å². The summed E-state index contributed by atoms with van der Waals surface area (Å²) in [6.45, 7) is 0.428. The first-order valence-electron chi connectivity index (χ1n) is 8.55. The van der Waals surface area contributed by atoms with Gasteiger partial charge >= 0.3 is 0 Å². The van der Waals surface area contributed by atoms with E-state index in [4.69, 9.17) is 24.7 Å². The van der Waals surface area contributed by atoms with Gasteiger partial charge in [0.25, 0.3) is 0 Å². The average molecular weight is 382 g/mol. The molecule has 0 bridgehead atoms. The highest BCUT2D eigenvalue weighted by Crippen LogP contribution is 2.31. The lowest BCUT2D eigenvalue weighted by Crippen LogP contribution is -2.64. The first kappa shape index (κ1) is 21.9. The van der Waals surface area contributed by atoms with E-state index in [1.165, 1.54) is 0 Å². The molecular weight excluding hydrogens is 354 g/mol. The van der Waals surface area contributed by atoms with Crippen LogP contribution in [-0.2, 0) is 18.9 Å². The van der Waals surface area contributed by atoms with Crippen LogP contribution in [0.4, 0.5) is 0 Å². The lowest BCUT2D eigenvalue weighted by molar-refractivity contribution is -0.420. The molecule has 0 aromatic rings. The summed E-state index contributed by atoms with van der Waals surface area (Å²) in [6.07, 6.45) is -11.5. The normalized spacial score (nSPS) is 47.1. The largest absolute Gasteiger partial charge is 0.853 e. The Balaban J connectivity index is 2.13. The van der Waals surface area contributed by atoms with Crippen LogP contribution in [0.25, 0.3) is 0 Å². The quantitative estimate of drug-likeness (QED) is 0.248. The third kappa shape index (κ3) is 4.51. The zero-order valence-electron chi connectivity index (χ0n) is 14.5. The standard InChI is InChI=1S/C15H28NO10/c1-6-9(19)7(4-17)25-15(10(6)20)26-13-11(21)8(5-18)24-14(12(13)22)23-3-2-16/h6-15,17,19-22H,2-5,16H2,1H3/q-1/t6-,7+,8+,9-,10-,11+,12-,13-,14+,15+/m0/s1. The number of ether oxygens (including phenoxy) is 4. The molecule has 2 rings (SSSR count). The second kappa shape index (κ2) is 9.66. The molecule has 2 heterocycles. The van der Waals surface area contributed by atoms with Crippen LogP contribution in [0.15, 0.2) is 0 Å². The Hall–Kier alpha value is -0.440. The summed E-state index contributed by atoms with van der Waals surface area (Å²) in [6, 6.07) is 0. The summed E-state index contributed by atoms with van der Waals surface area (Å²) < 4.78 is 21.4. The Bertz CT molecular complexity index is 427. The van der Waals surface area contributed by atoms with Crippen LogP contribution >= 0.6 is 0 Å². The first-order chi connectivity index (χ1) is 12.3. The minimum atomic E-state index is -1.49. The Morgan fingerprint density at radius 3 is 2.19 bits per heavy atom. The number of aliphatic hydroxyl groups excluding tert-OH is 5. The Kier molecular flexibility index (Phi) is 8.12. The Morgan fingerprint density at radius 2 is 1.62 bits per heavy atom. The van der Waals surface area contributed by atoms with E-state index < -0.39 is 74.4 Å². The van der Waals surface area contributed by atoms with Gasteiger partial charge in [-0.3, -0.25) is 0 Å². The first-order valence-corrected chi connectivity index (χ1v) is 8.55. The van der Waals surface area contributed by atoms with Crippen molar-refractivity contribution < 1.29 is 49.6 Å². The van der Waals surface area contributed by atoms with Crippen LogP contribution < -0.4 is 10.8 Å². The molecule has 11 heteroatoms. The van der Waals surface area contributed by atoms with E-state index in [1.54, 1.807) is 6.92 Å². The molecule has 0 spiro atoms. The Morgan fingerprint density at radius 1 is 0.962 bits per heavy atom. The van der Waals surface area contributed by atoms with Gasteiger partial charge in [-0.1, -0.05) is 6.92 Å². The molecule has 0 unspecified atom stereocenters. The zero-order chi connectivity index (χ0) is 19.4. The van der Waals surface area contributed by atoms with Gasteiger partial charge < -0.3 is 55.3 Å². The van der Waals surface area contributed by atoms with E-state index >= 15 is 0 Å². The predicted octanol–water partition coefficient (Wildman–Crippen LogP) is -4.77. The van der Waals surface area contributed by atoms with Crippen LogP contribution in [0.2, 0.25) is 0 Å². The summed E-state index contributed by atoms with van der Waals surface area (Å²) in [5.41, 5.74) is 5.34. The molecule has 26 heavy (non-hydrogen) atoms. The van der Waals surface area contributed by atoms with Crippen molar-refractivity contribution in [2.24, 2.45) is 11.7 Å². The van der Waals surface area contributed by atoms with Crippen molar-refractivity contribution >= 4 is 0 Å². The fourth-order valence-electron chi connectivity index (χ4n) is 3.06. The number of hydrogen-bond acceptors (Lipinski definition) is 11. The fourth-order valence-corrected chi connectivity index (χ4v) is 3.06. The molecule has 0 aromatic carbocycles. The SMILES string of the molecule is C[C@@H]1[C@H](O)[C@@H](O[C@@H]2[C@H](O)[C@H](OCCN)O[C@H](C[O-])[C@H]2O)O[C@H](CO)[C@H]1O. The van der Waals surface area contributed by atoms with Gasteiger partial charge in [0, 0.05) is 12.5 Å². The van der Waals surface area contributed by atoms with Crippen LogP contribution in [0, 0.1) is 5.92 Å². The topological polar surface area (TPSA) is 187 Å². The average Bonchev–Trinajstić information content (AvgIpc) is 2.64. The van der Waals surface area contributed by atoms with Crippen molar-refractivity contribution in [3.8, 4) is 0 Å². The van der Waals surface area contributed by atoms with E-state index in [9.17, 15) is 30.6 Å². The summed E-state index contributed by atoms with van der Waals surface area (Å²) in [5.74, 6) is -0.695. The summed E-state index contributed by atoms with van der Waals surface area (Å²) in [5, 5.41) is 61.4. The van der Waals surface area contributed by atoms with Gasteiger partial charge in [0.1, 0.15) is 30.5 Å². The van der Waals surface area contributed by atoms with Gasteiger partial charge in [-0.05, 0) is 0 Å². The van der Waals surface area contributed by atoms with Crippen molar-refractivity contribution in [3.63, 3.8) is 0 Å². The number of rotatable bonds is 7. The number of aliphatic hydroxyl groups is 5. The molecule has 2 aliphatic heterocycles. The molecule has 7 N–H and O–H groups in total. The Labute approximate surface area is 150 Å². The highest BCUT2D eigenvalue weighted by molar-refractivity contribution is 4.93. The summed E-state index contributed by atoms with van der Waals surface area (Å²) in [4.78, 5) is 0. The molecule has 2 saturated heterocycles. The molecule has 2 fully saturated rings. The molecule has 0 aliphatic carbocycles. The van der Waals surface area contributed by atoms with Crippen molar-refractivity contribution in [2.75, 3.05) is 26.4 Å². The van der Waals surface area contributed by atoms with Crippen LogP contribution in [0.1, 0.15) is 6.92 Å². The van der Waals surface area contributed by atoms with Gasteiger partial charge in [0.05, 0.1) is 25.4 Å².